The molecule has 1 aliphatic rings. The van der Waals surface area contributed by atoms with Gasteiger partial charge in [-0.05, 0) is 55.3 Å². The number of halogens is 3. The smallest absolute Gasteiger partial charge is 0.142 e. The van der Waals surface area contributed by atoms with Gasteiger partial charge >= 0.3 is 0 Å². The van der Waals surface area contributed by atoms with E-state index in [1.165, 1.54) is 6.07 Å². The molecular weight excluding hydrogens is 436 g/mol. The number of aromatic amines is 1. The second kappa shape index (κ2) is 8.26. The summed E-state index contributed by atoms with van der Waals surface area (Å²) in [6.45, 7) is 4.00. The lowest BCUT2D eigenvalue weighted by Crippen LogP contribution is -2.29. The topological polar surface area (TPSA) is 58.5 Å². The van der Waals surface area contributed by atoms with E-state index in [-0.39, 0.29) is 10.9 Å². The van der Waals surface area contributed by atoms with Crippen molar-refractivity contribution in [3.63, 3.8) is 0 Å². The molecule has 1 atom stereocenters. The first-order chi connectivity index (χ1) is 15.0. The Bertz CT molecular complexity index is 1240. The molecule has 1 aromatic carbocycles. The maximum Gasteiger partial charge on any atom is 0.142 e. The van der Waals surface area contributed by atoms with Crippen molar-refractivity contribution in [2.75, 3.05) is 13.1 Å². The number of nitrogens with zero attached hydrogens (tertiary/aromatic N) is 3. The average Bonchev–Trinajstić information content (AvgIpc) is 3.44. The van der Waals surface area contributed by atoms with Crippen LogP contribution in [0.2, 0.25) is 10.0 Å². The summed E-state index contributed by atoms with van der Waals surface area (Å²) < 4.78 is 16.2. The molecule has 0 aliphatic carbocycles. The van der Waals surface area contributed by atoms with Gasteiger partial charge in [0.2, 0.25) is 0 Å². The number of fused-ring (bicyclic) bond motifs is 1. The van der Waals surface area contributed by atoms with Gasteiger partial charge in [0.25, 0.3) is 0 Å². The molecule has 0 bridgehead atoms. The molecule has 5 nitrogen and oxygen atoms in total. The fourth-order valence-corrected chi connectivity index (χ4v) is 5.09. The van der Waals surface area contributed by atoms with Crippen molar-refractivity contribution in [2.24, 2.45) is 0 Å². The molecule has 0 radical (unpaired) electrons. The van der Waals surface area contributed by atoms with E-state index in [4.69, 9.17) is 23.2 Å². The first-order valence-electron chi connectivity index (χ1n) is 10.4. The molecule has 31 heavy (non-hydrogen) atoms. The van der Waals surface area contributed by atoms with Crippen molar-refractivity contribution in [2.45, 2.75) is 31.7 Å². The zero-order valence-electron chi connectivity index (χ0n) is 17.0. The lowest BCUT2D eigenvalue weighted by atomic mass is 9.92. The SMILES string of the molecule is C[C@H](c1c(Cl)ccc(F)c1Cl)c1c[nH]c2ncc(-c3cnn(C4CCNCC4)c3)cc12. The molecule has 0 amide bonds. The van der Waals surface area contributed by atoms with Crippen molar-refractivity contribution in [3.05, 3.63) is 70.0 Å². The van der Waals surface area contributed by atoms with Gasteiger partial charge in [0.05, 0.1) is 17.3 Å². The first kappa shape index (κ1) is 20.5. The molecule has 160 valence electrons. The Morgan fingerprint density at radius 1 is 1.16 bits per heavy atom. The second-order valence-electron chi connectivity index (χ2n) is 8.03. The minimum absolute atomic E-state index is 0.0571. The van der Waals surface area contributed by atoms with Gasteiger partial charge in [0.15, 0.2) is 0 Å². The molecule has 0 unspecified atom stereocenters. The number of hydrogen-bond donors (Lipinski definition) is 2. The van der Waals surface area contributed by atoms with Crippen LogP contribution in [-0.4, -0.2) is 32.8 Å². The van der Waals surface area contributed by atoms with Gasteiger partial charge in [-0.1, -0.05) is 30.1 Å². The second-order valence-corrected chi connectivity index (χ2v) is 8.82. The number of H-pyrrole nitrogens is 1. The van der Waals surface area contributed by atoms with E-state index >= 15 is 0 Å². The van der Waals surface area contributed by atoms with Crippen LogP contribution in [0.4, 0.5) is 4.39 Å². The van der Waals surface area contributed by atoms with Crippen LogP contribution in [0.5, 0.6) is 0 Å². The molecule has 0 saturated carbocycles. The van der Waals surface area contributed by atoms with Gasteiger partial charge in [-0.25, -0.2) is 9.37 Å². The van der Waals surface area contributed by atoms with Gasteiger partial charge < -0.3 is 10.3 Å². The molecule has 1 aliphatic heterocycles. The van der Waals surface area contributed by atoms with Crippen LogP contribution in [0, 0.1) is 5.82 Å². The van der Waals surface area contributed by atoms with Gasteiger partial charge in [-0.2, -0.15) is 5.10 Å². The minimum atomic E-state index is -0.475. The molecular formula is C23H22Cl2FN5. The Labute approximate surface area is 189 Å². The Hall–Kier alpha value is -2.41. The summed E-state index contributed by atoms with van der Waals surface area (Å²) in [5.74, 6) is -0.684. The maximum absolute atomic E-state index is 14.1. The highest BCUT2D eigenvalue weighted by atomic mass is 35.5. The standard InChI is InChI=1S/C23H22Cl2FN5/c1-13(21-19(24)2-3-20(26)22(21)25)18-11-29-23-17(18)8-14(9-28-23)15-10-30-31(12-15)16-4-6-27-7-5-16/h2-3,8-13,16,27H,4-7H2,1H3,(H,28,29)/t13-/m0/s1. The molecule has 5 rings (SSSR count). The van der Waals surface area contributed by atoms with E-state index in [2.05, 4.69) is 37.3 Å². The fourth-order valence-electron chi connectivity index (χ4n) is 4.39. The third-order valence-corrected chi connectivity index (χ3v) is 6.87. The van der Waals surface area contributed by atoms with Crippen LogP contribution in [0.15, 0.2) is 43.0 Å². The van der Waals surface area contributed by atoms with Crippen molar-refractivity contribution >= 4 is 34.2 Å². The van der Waals surface area contributed by atoms with Crippen LogP contribution < -0.4 is 5.32 Å². The van der Waals surface area contributed by atoms with Crippen LogP contribution in [0.1, 0.15) is 42.9 Å². The summed E-state index contributed by atoms with van der Waals surface area (Å²) in [6.07, 6.45) is 9.87. The Morgan fingerprint density at radius 3 is 2.77 bits per heavy atom. The number of aromatic nitrogens is 4. The maximum atomic E-state index is 14.1. The molecule has 1 fully saturated rings. The predicted molar refractivity (Wildman–Crippen MR) is 122 cm³/mol. The van der Waals surface area contributed by atoms with Crippen LogP contribution >= 0.6 is 23.2 Å². The summed E-state index contributed by atoms with van der Waals surface area (Å²) in [5, 5.41) is 9.44. The molecule has 4 heterocycles. The average molecular weight is 458 g/mol. The fraction of sp³-hybridized carbons (Fsp3) is 0.304. The van der Waals surface area contributed by atoms with Gasteiger partial charge in [-0.15, -0.1) is 0 Å². The molecule has 3 aromatic heterocycles. The number of piperidine rings is 1. The predicted octanol–water partition coefficient (Wildman–Crippen LogP) is 5.95. The van der Waals surface area contributed by atoms with E-state index in [0.717, 1.165) is 53.7 Å². The molecule has 1 saturated heterocycles. The third kappa shape index (κ3) is 3.73. The Kier molecular flexibility index (Phi) is 5.46. The largest absolute Gasteiger partial charge is 0.346 e. The van der Waals surface area contributed by atoms with E-state index in [0.29, 0.717) is 16.6 Å². The summed E-state index contributed by atoms with van der Waals surface area (Å²) in [5.41, 5.74) is 4.31. The van der Waals surface area contributed by atoms with Crippen LogP contribution in [0.25, 0.3) is 22.2 Å². The molecule has 4 aromatic rings. The van der Waals surface area contributed by atoms with Gasteiger partial charge in [0.1, 0.15) is 11.5 Å². The van der Waals surface area contributed by atoms with E-state index in [1.807, 2.05) is 25.5 Å². The number of pyridine rings is 1. The highest BCUT2D eigenvalue weighted by Crippen LogP contribution is 2.39. The highest BCUT2D eigenvalue weighted by molar-refractivity contribution is 6.36. The lowest BCUT2D eigenvalue weighted by molar-refractivity contribution is 0.343. The number of benzene rings is 1. The summed E-state index contributed by atoms with van der Waals surface area (Å²) in [4.78, 5) is 7.80. The normalized spacial score (nSPS) is 16.1. The minimum Gasteiger partial charge on any atom is -0.346 e. The molecule has 0 spiro atoms. The molecule has 2 N–H and O–H groups in total. The summed E-state index contributed by atoms with van der Waals surface area (Å²) >= 11 is 12.6. The van der Waals surface area contributed by atoms with Crippen molar-refractivity contribution in [1.29, 1.82) is 0 Å². The van der Waals surface area contributed by atoms with Crippen LogP contribution in [-0.2, 0) is 0 Å². The summed E-state index contributed by atoms with van der Waals surface area (Å²) in [6, 6.07) is 5.35. The monoisotopic (exact) mass is 457 g/mol. The van der Waals surface area contributed by atoms with Gasteiger partial charge in [-0.3, -0.25) is 4.68 Å². The number of rotatable bonds is 4. The number of hydrogen-bond acceptors (Lipinski definition) is 3. The van der Waals surface area contributed by atoms with Crippen molar-refractivity contribution in [3.8, 4) is 11.1 Å². The first-order valence-corrected chi connectivity index (χ1v) is 11.1. The zero-order chi connectivity index (χ0) is 21.5. The van der Waals surface area contributed by atoms with E-state index < -0.39 is 5.82 Å². The van der Waals surface area contributed by atoms with E-state index in [1.54, 1.807) is 6.07 Å². The van der Waals surface area contributed by atoms with Crippen LogP contribution in [0.3, 0.4) is 0 Å². The Morgan fingerprint density at radius 2 is 1.97 bits per heavy atom. The third-order valence-electron chi connectivity index (χ3n) is 6.16. The lowest BCUT2D eigenvalue weighted by Gasteiger charge is -2.22. The zero-order valence-corrected chi connectivity index (χ0v) is 18.5. The summed E-state index contributed by atoms with van der Waals surface area (Å²) in [7, 11) is 0. The van der Waals surface area contributed by atoms with Crippen molar-refractivity contribution in [1.82, 2.24) is 25.1 Å². The Balaban J connectivity index is 1.52. The van der Waals surface area contributed by atoms with Crippen molar-refractivity contribution < 1.29 is 4.39 Å². The quantitative estimate of drug-likeness (QED) is 0.372. The molecule has 8 heteroatoms. The number of nitrogens with one attached hydrogen (secondary N) is 2. The highest BCUT2D eigenvalue weighted by Gasteiger charge is 2.22. The van der Waals surface area contributed by atoms with Gasteiger partial charge in [0, 0.05) is 46.0 Å². The van der Waals surface area contributed by atoms with E-state index in [9.17, 15) is 4.39 Å².